The van der Waals surface area contributed by atoms with E-state index in [1.165, 1.54) is 12.8 Å². The number of halogens is 2. The van der Waals surface area contributed by atoms with Crippen LogP contribution in [0, 0.1) is 0 Å². The fourth-order valence-corrected chi connectivity index (χ4v) is 0.748. The lowest BCUT2D eigenvalue weighted by atomic mass is 10.3. The van der Waals surface area contributed by atoms with E-state index >= 15 is 0 Å². The molecule has 0 rings (SSSR count). The van der Waals surface area contributed by atoms with Crippen LogP contribution in [0.1, 0.15) is 13.3 Å². The first-order chi connectivity index (χ1) is 7.54. The average Bonchev–Trinajstić information content (AvgIpc) is 2.29. The van der Waals surface area contributed by atoms with Gasteiger partial charge >= 0.3 is 0 Å². The van der Waals surface area contributed by atoms with Crippen LogP contribution in [0.5, 0.6) is 0 Å². The number of hydrogen-bond donors (Lipinski definition) is 1. The van der Waals surface area contributed by atoms with Crippen LogP contribution in [0.2, 0.25) is 0 Å². The number of hydrogen-bond acceptors (Lipinski definition) is 2. The molecule has 0 aromatic heterocycles. The van der Waals surface area contributed by atoms with Gasteiger partial charge in [0.1, 0.15) is 0 Å². The third-order valence-corrected chi connectivity index (χ3v) is 1.46. The molecule has 0 saturated carbocycles. The molecule has 0 aliphatic rings. The molecular weight excluding hydrogens is 247 g/mol. The highest BCUT2D eigenvalue weighted by Gasteiger charge is 1.99. The molecule has 0 aliphatic carbocycles. The Balaban J connectivity index is -0.000000376. The second-order valence-corrected chi connectivity index (χ2v) is 3.19. The predicted molar refractivity (Wildman–Crippen MR) is 74.5 cm³/mol. The molecule has 16 heavy (non-hydrogen) atoms. The van der Waals surface area contributed by atoms with Crippen molar-refractivity contribution in [3.63, 3.8) is 0 Å². The molecule has 0 fully saturated rings. The number of amides is 1. The molecule has 0 bridgehead atoms. The fraction of sp³-hybridized carbons (Fsp3) is 0.727. The molecule has 1 amide bonds. The quantitative estimate of drug-likeness (QED) is 0.473. The lowest BCUT2D eigenvalue weighted by Crippen LogP contribution is -2.27. The third kappa shape index (κ3) is 19.3. The molecule has 0 aliphatic heterocycles. The van der Waals surface area contributed by atoms with Crippen molar-refractivity contribution < 1.29 is 4.79 Å². The minimum atomic E-state index is -0.0474. The molecule has 0 aromatic rings. The number of carbonyl (C=O) groups is 1. The molecule has 0 atom stereocenters. The maximum atomic E-state index is 11.0. The summed E-state index contributed by atoms with van der Waals surface area (Å²) in [5, 5.41) is 2.77. The van der Waals surface area contributed by atoms with Gasteiger partial charge in [-0.1, -0.05) is 6.58 Å². The molecule has 3 nitrogen and oxygen atoms in total. The van der Waals surface area contributed by atoms with Gasteiger partial charge in [0.05, 0.1) is 0 Å². The number of nitrogens with one attached hydrogen (secondary N) is 1. The zero-order chi connectivity index (χ0) is 13.6. The Morgan fingerprint density at radius 1 is 1.25 bits per heavy atom. The van der Waals surface area contributed by atoms with E-state index in [1.54, 1.807) is 6.92 Å². The van der Waals surface area contributed by atoms with Crippen LogP contribution < -0.4 is 5.32 Å². The molecular formula is C11H24Cl2N2O. The fourth-order valence-electron chi connectivity index (χ4n) is 0.748. The van der Waals surface area contributed by atoms with Gasteiger partial charge in [-0.15, -0.1) is 23.2 Å². The Kier molecular flexibility index (Phi) is 22.6. The Bertz CT molecular complexity index is 173. The van der Waals surface area contributed by atoms with E-state index in [0.717, 1.165) is 19.5 Å². The van der Waals surface area contributed by atoms with E-state index < -0.39 is 0 Å². The van der Waals surface area contributed by atoms with Crippen LogP contribution in [-0.4, -0.2) is 50.8 Å². The maximum absolute atomic E-state index is 11.0. The molecule has 5 heteroatoms. The summed E-state index contributed by atoms with van der Waals surface area (Å²) in [7, 11) is 4.03. The maximum Gasteiger partial charge on any atom is 0.246 e. The topological polar surface area (TPSA) is 32.3 Å². The summed E-state index contributed by atoms with van der Waals surface area (Å²) in [5.74, 6) is -0.0474. The third-order valence-electron chi connectivity index (χ3n) is 1.46. The van der Waals surface area contributed by atoms with Crippen molar-refractivity contribution >= 4 is 29.1 Å². The van der Waals surface area contributed by atoms with Crippen molar-refractivity contribution in [1.29, 1.82) is 0 Å². The first-order valence-electron chi connectivity index (χ1n) is 4.88. The van der Waals surface area contributed by atoms with E-state index in [2.05, 4.69) is 40.0 Å². The second kappa shape index (κ2) is 17.2. The van der Waals surface area contributed by atoms with Crippen molar-refractivity contribution in [2.24, 2.45) is 0 Å². The summed E-state index contributed by atoms with van der Waals surface area (Å²) in [4.78, 5) is 13.1. The van der Waals surface area contributed by atoms with E-state index in [4.69, 9.17) is 0 Å². The standard InChI is InChI=1S/C9H18N2O.2CH3Cl/c1-8(2)9(12)10-6-5-7-11(3)4;2*1-2/h1,5-7H2,2-4H3,(H,10,12);2*1H3. The van der Waals surface area contributed by atoms with Crippen LogP contribution in [0.15, 0.2) is 12.2 Å². The Morgan fingerprint density at radius 2 is 1.69 bits per heavy atom. The van der Waals surface area contributed by atoms with Gasteiger partial charge in [0.15, 0.2) is 0 Å². The second-order valence-electron chi connectivity index (χ2n) is 3.19. The largest absolute Gasteiger partial charge is 0.352 e. The van der Waals surface area contributed by atoms with Crippen molar-refractivity contribution in [3.05, 3.63) is 12.2 Å². The number of carbonyl (C=O) groups excluding carboxylic acids is 1. The van der Waals surface area contributed by atoms with Gasteiger partial charge in [-0.3, -0.25) is 4.79 Å². The monoisotopic (exact) mass is 270 g/mol. The molecule has 0 heterocycles. The highest BCUT2D eigenvalue weighted by molar-refractivity contribution is 6.15. The highest BCUT2D eigenvalue weighted by atomic mass is 35.5. The van der Waals surface area contributed by atoms with Gasteiger partial charge in [-0.25, -0.2) is 0 Å². The molecule has 0 spiro atoms. The lowest BCUT2D eigenvalue weighted by molar-refractivity contribution is -0.117. The van der Waals surface area contributed by atoms with E-state index in [9.17, 15) is 4.79 Å². The van der Waals surface area contributed by atoms with Gasteiger partial charge in [0, 0.05) is 24.9 Å². The van der Waals surface area contributed by atoms with E-state index in [0.29, 0.717) is 5.57 Å². The summed E-state index contributed by atoms with van der Waals surface area (Å²) in [6.45, 7) is 6.98. The molecule has 0 aromatic carbocycles. The Morgan fingerprint density at radius 3 is 2.00 bits per heavy atom. The van der Waals surface area contributed by atoms with Gasteiger partial charge in [0.2, 0.25) is 5.91 Å². The summed E-state index contributed by atoms with van der Waals surface area (Å²) in [6.07, 6.45) is 3.92. The smallest absolute Gasteiger partial charge is 0.246 e. The van der Waals surface area contributed by atoms with E-state index in [1.807, 2.05) is 14.1 Å². The number of rotatable bonds is 5. The molecule has 0 unspecified atom stereocenters. The van der Waals surface area contributed by atoms with Gasteiger partial charge in [-0.05, 0) is 34.0 Å². The molecule has 0 radical (unpaired) electrons. The zero-order valence-electron chi connectivity index (χ0n) is 10.9. The summed E-state index contributed by atoms with van der Waals surface area (Å²) < 4.78 is 0. The summed E-state index contributed by atoms with van der Waals surface area (Å²) >= 11 is 9.28. The summed E-state index contributed by atoms with van der Waals surface area (Å²) in [6, 6.07) is 0. The van der Waals surface area contributed by atoms with Gasteiger partial charge in [-0.2, -0.15) is 0 Å². The first-order valence-corrected chi connectivity index (χ1v) is 6.39. The molecule has 98 valence electrons. The van der Waals surface area contributed by atoms with Crippen LogP contribution in [0.3, 0.4) is 0 Å². The van der Waals surface area contributed by atoms with Crippen molar-refractivity contribution in [2.45, 2.75) is 13.3 Å². The van der Waals surface area contributed by atoms with Crippen LogP contribution in [0.4, 0.5) is 0 Å². The Hall–Kier alpha value is -0.250. The van der Waals surface area contributed by atoms with Crippen LogP contribution in [0.25, 0.3) is 0 Å². The normalized spacial score (nSPS) is 8.25. The highest BCUT2D eigenvalue weighted by Crippen LogP contribution is 1.86. The summed E-state index contributed by atoms with van der Waals surface area (Å²) in [5.41, 5.74) is 0.569. The van der Waals surface area contributed by atoms with E-state index in [-0.39, 0.29) is 5.91 Å². The molecule has 1 N–H and O–H groups in total. The first kappa shape index (κ1) is 21.1. The van der Waals surface area contributed by atoms with Crippen LogP contribution in [-0.2, 0) is 4.79 Å². The van der Waals surface area contributed by atoms with Crippen LogP contribution >= 0.6 is 23.2 Å². The number of nitrogens with zero attached hydrogens (tertiary/aromatic N) is 1. The minimum absolute atomic E-state index is 0.0474. The lowest BCUT2D eigenvalue weighted by Gasteiger charge is -2.09. The SMILES string of the molecule is C=C(C)C(=O)NCCCN(C)C.CCl.CCl. The number of alkyl halides is 2. The zero-order valence-corrected chi connectivity index (χ0v) is 12.5. The van der Waals surface area contributed by atoms with Gasteiger partial charge < -0.3 is 10.2 Å². The van der Waals surface area contributed by atoms with Crippen molar-refractivity contribution in [1.82, 2.24) is 10.2 Å². The Labute approximate surface area is 110 Å². The minimum Gasteiger partial charge on any atom is -0.352 e. The van der Waals surface area contributed by atoms with Crippen molar-refractivity contribution in [3.8, 4) is 0 Å². The average molecular weight is 271 g/mol. The van der Waals surface area contributed by atoms with Crippen molar-refractivity contribution in [2.75, 3.05) is 40.0 Å². The van der Waals surface area contributed by atoms with Gasteiger partial charge in [0.25, 0.3) is 0 Å². The predicted octanol–water partition coefficient (Wildman–Crippen LogP) is 2.34. The molecule has 0 saturated heterocycles.